The summed E-state index contributed by atoms with van der Waals surface area (Å²) in [6, 6.07) is 3.07. The molecule has 0 saturated carbocycles. The Kier molecular flexibility index (Phi) is 4.21. The lowest BCUT2D eigenvalue weighted by Gasteiger charge is -2.23. The number of anilines is 1. The molecule has 0 radical (unpaired) electrons. The molecule has 1 fully saturated rings. The van der Waals surface area contributed by atoms with Gasteiger partial charge in [0.2, 0.25) is 10.0 Å². The third-order valence-electron chi connectivity index (χ3n) is 3.74. The molecule has 1 aromatic rings. The molecule has 2 rings (SSSR count). The number of aromatic hydroxyl groups is 1. The van der Waals surface area contributed by atoms with E-state index in [2.05, 4.69) is 4.72 Å². The number of phenolic OH excluding ortho intramolecular Hbond substituents is 1. The first-order chi connectivity index (χ1) is 9.61. The van der Waals surface area contributed by atoms with Gasteiger partial charge in [-0.15, -0.1) is 0 Å². The van der Waals surface area contributed by atoms with Gasteiger partial charge in [-0.05, 0) is 49.9 Å². The van der Waals surface area contributed by atoms with Crippen LogP contribution in [0.2, 0.25) is 0 Å². The Morgan fingerprint density at radius 3 is 2.29 bits per heavy atom. The van der Waals surface area contributed by atoms with E-state index in [4.69, 9.17) is 0 Å². The van der Waals surface area contributed by atoms with Gasteiger partial charge in [-0.3, -0.25) is 4.72 Å². The first-order valence-corrected chi connectivity index (χ1v) is 10.00. The molecule has 0 amide bonds. The van der Waals surface area contributed by atoms with E-state index in [1.807, 2.05) is 0 Å². The highest BCUT2D eigenvalue weighted by molar-refractivity contribution is 7.94. The van der Waals surface area contributed by atoms with Gasteiger partial charge in [0, 0.05) is 0 Å². The molecule has 1 aromatic carbocycles. The zero-order valence-corrected chi connectivity index (χ0v) is 13.6. The lowest BCUT2D eigenvalue weighted by molar-refractivity contribution is 0.471. The molecule has 1 aliphatic rings. The topological polar surface area (TPSA) is 101 Å². The highest BCUT2D eigenvalue weighted by Gasteiger charge is 2.33. The number of aryl methyl sites for hydroxylation is 2. The third-order valence-corrected chi connectivity index (χ3v) is 7.30. The summed E-state index contributed by atoms with van der Waals surface area (Å²) in [4.78, 5) is 0. The third kappa shape index (κ3) is 3.68. The molecule has 0 unspecified atom stereocenters. The number of nitrogens with one attached hydrogen (secondary N) is 1. The quantitative estimate of drug-likeness (QED) is 0.813. The number of sulfonamides is 1. The molecule has 0 spiro atoms. The Bertz CT molecular complexity index is 739. The summed E-state index contributed by atoms with van der Waals surface area (Å²) in [6.45, 7) is 3.38. The zero-order valence-electron chi connectivity index (χ0n) is 12.0. The van der Waals surface area contributed by atoms with Crippen molar-refractivity contribution < 1.29 is 21.9 Å². The minimum atomic E-state index is -3.63. The van der Waals surface area contributed by atoms with Crippen LogP contribution in [0.1, 0.15) is 24.0 Å². The lowest BCUT2D eigenvalue weighted by Crippen LogP contribution is -2.36. The number of phenols is 1. The van der Waals surface area contributed by atoms with Crippen molar-refractivity contribution in [3.63, 3.8) is 0 Å². The SMILES string of the molecule is Cc1cc(NS(=O)(=O)C2CCS(=O)(=O)CC2)c(C)cc1O. The molecule has 0 bridgehead atoms. The van der Waals surface area contributed by atoms with Gasteiger partial charge in [0.05, 0.1) is 22.4 Å². The van der Waals surface area contributed by atoms with Crippen molar-refractivity contribution in [2.24, 2.45) is 0 Å². The molecule has 118 valence electrons. The van der Waals surface area contributed by atoms with E-state index in [0.717, 1.165) is 0 Å². The van der Waals surface area contributed by atoms with E-state index in [0.29, 0.717) is 16.8 Å². The molecular weight excluding hydrogens is 314 g/mol. The van der Waals surface area contributed by atoms with Crippen LogP contribution in [-0.2, 0) is 19.9 Å². The average molecular weight is 333 g/mol. The zero-order chi connectivity index (χ0) is 15.8. The van der Waals surface area contributed by atoms with Crippen molar-refractivity contribution in [3.05, 3.63) is 23.3 Å². The maximum atomic E-state index is 12.3. The van der Waals surface area contributed by atoms with Crippen molar-refractivity contribution in [3.8, 4) is 5.75 Å². The molecule has 6 nitrogen and oxygen atoms in total. The van der Waals surface area contributed by atoms with Crippen LogP contribution < -0.4 is 4.72 Å². The summed E-state index contributed by atoms with van der Waals surface area (Å²) in [7, 11) is -6.73. The normalized spacial score (nSPS) is 19.3. The van der Waals surface area contributed by atoms with Crippen molar-refractivity contribution in [2.75, 3.05) is 16.2 Å². The van der Waals surface area contributed by atoms with Crippen LogP contribution in [0.15, 0.2) is 12.1 Å². The molecule has 0 aliphatic carbocycles. The fraction of sp³-hybridized carbons (Fsp3) is 0.538. The number of rotatable bonds is 3. The monoisotopic (exact) mass is 333 g/mol. The Balaban J connectivity index is 2.21. The van der Waals surface area contributed by atoms with Crippen molar-refractivity contribution in [1.82, 2.24) is 0 Å². The molecule has 2 N–H and O–H groups in total. The van der Waals surface area contributed by atoms with E-state index in [1.165, 1.54) is 6.07 Å². The lowest BCUT2D eigenvalue weighted by atomic mass is 10.1. The summed E-state index contributed by atoms with van der Waals surface area (Å²) in [5.74, 6) is -0.0718. The second kappa shape index (κ2) is 5.49. The van der Waals surface area contributed by atoms with Crippen molar-refractivity contribution >= 4 is 25.5 Å². The Morgan fingerprint density at radius 2 is 1.71 bits per heavy atom. The molecule has 21 heavy (non-hydrogen) atoms. The molecule has 0 aromatic heterocycles. The summed E-state index contributed by atoms with van der Waals surface area (Å²) < 4.78 is 50.0. The fourth-order valence-electron chi connectivity index (χ4n) is 2.33. The van der Waals surface area contributed by atoms with Gasteiger partial charge in [-0.25, -0.2) is 16.8 Å². The number of hydrogen-bond acceptors (Lipinski definition) is 5. The maximum Gasteiger partial charge on any atom is 0.235 e. The van der Waals surface area contributed by atoms with Gasteiger partial charge in [0.1, 0.15) is 15.6 Å². The maximum absolute atomic E-state index is 12.3. The van der Waals surface area contributed by atoms with Crippen LogP contribution in [0.5, 0.6) is 5.75 Å². The van der Waals surface area contributed by atoms with E-state index in [1.54, 1.807) is 19.9 Å². The predicted octanol–water partition coefficient (Wildman–Crippen LogP) is 1.33. The smallest absolute Gasteiger partial charge is 0.235 e. The Hall–Kier alpha value is -1.28. The van der Waals surface area contributed by atoms with Gasteiger partial charge in [-0.1, -0.05) is 0 Å². The van der Waals surface area contributed by atoms with E-state index in [9.17, 15) is 21.9 Å². The standard InChI is InChI=1S/C13H19NO5S2/c1-9-8-13(15)10(2)7-12(9)14-21(18,19)11-3-5-20(16,17)6-4-11/h7-8,11,14-15H,3-6H2,1-2H3. The summed E-state index contributed by atoms with van der Waals surface area (Å²) >= 11 is 0. The van der Waals surface area contributed by atoms with E-state index in [-0.39, 0.29) is 30.1 Å². The Labute approximate surface area is 125 Å². The Morgan fingerprint density at radius 1 is 1.14 bits per heavy atom. The second-order valence-electron chi connectivity index (χ2n) is 5.45. The molecular formula is C13H19NO5S2. The molecule has 1 saturated heterocycles. The fourth-order valence-corrected chi connectivity index (χ4v) is 5.67. The van der Waals surface area contributed by atoms with Crippen molar-refractivity contribution in [1.29, 1.82) is 0 Å². The second-order valence-corrected chi connectivity index (χ2v) is 9.72. The van der Waals surface area contributed by atoms with Gasteiger partial charge in [0.25, 0.3) is 0 Å². The van der Waals surface area contributed by atoms with Crippen LogP contribution >= 0.6 is 0 Å². The highest BCUT2D eigenvalue weighted by Crippen LogP contribution is 2.28. The number of hydrogen-bond donors (Lipinski definition) is 2. The van der Waals surface area contributed by atoms with Gasteiger partial charge >= 0.3 is 0 Å². The van der Waals surface area contributed by atoms with Crippen LogP contribution in [0.25, 0.3) is 0 Å². The molecule has 8 heteroatoms. The van der Waals surface area contributed by atoms with Crippen LogP contribution in [0, 0.1) is 13.8 Å². The minimum absolute atomic E-state index is 0.0911. The first kappa shape index (κ1) is 16.1. The average Bonchev–Trinajstić information content (AvgIpc) is 2.35. The summed E-state index contributed by atoms with van der Waals surface area (Å²) in [6.07, 6.45) is 0.238. The van der Waals surface area contributed by atoms with Crippen molar-refractivity contribution in [2.45, 2.75) is 31.9 Å². The van der Waals surface area contributed by atoms with Gasteiger partial charge in [0.15, 0.2) is 0 Å². The number of benzene rings is 1. The van der Waals surface area contributed by atoms with Gasteiger partial charge in [-0.2, -0.15) is 0 Å². The van der Waals surface area contributed by atoms with Gasteiger partial charge < -0.3 is 5.11 Å². The number of sulfone groups is 1. The van der Waals surface area contributed by atoms with Crippen LogP contribution in [0.4, 0.5) is 5.69 Å². The van der Waals surface area contributed by atoms with E-state index >= 15 is 0 Å². The minimum Gasteiger partial charge on any atom is -0.508 e. The predicted molar refractivity (Wildman–Crippen MR) is 81.8 cm³/mol. The molecule has 0 atom stereocenters. The highest BCUT2D eigenvalue weighted by atomic mass is 32.2. The largest absolute Gasteiger partial charge is 0.508 e. The van der Waals surface area contributed by atoms with Crippen LogP contribution in [0.3, 0.4) is 0 Å². The first-order valence-electron chi connectivity index (χ1n) is 6.63. The molecule has 1 heterocycles. The van der Waals surface area contributed by atoms with Crippen LogP contribution in [-0.4, -0.2) is 38.7 Å². The summed E-state index contributed by atoms with van der Waals surface area (Å²) in [5.41, 5.74) is 1.60. The summed E-state index contributed by atoms with van der Waals surface area (Å²) in [5, 5.41) is 8.89. The van der Waals surface area contributed by atoms with E-state index < -0.39 is 25.1 Å². The molecule has 1 aliphatic heterocycles.